The Kier molecular flexibility index (Phi) is 6.98. The first-order chi connectivity index (χ1) is 14.4. The summed E-state index contributed by atoms with van der Waals surface area (Å²) in [6.07, 6.45) is 0. The first-order valence-electron chi connectivity index (χ1n) is 10.3. The van der Waals surface area contributed by atoms with E-state index in [1.54, 1.807) is 19.1 Å². The number of hydrogen-bond donors (Lipinski definition) is 1. The number of nitrogens with zero attached hydrogens (tertiary/aromatic N) is 1. The monoisotopic (exact) mass is 410 g/mol. The lowest BCUT2D eigenvalue weighted by Crippen LogP contribution is -2.36. The largest absolute Gasteiger partial charge is 0.497 e. The van der Waals surface area contributed by atoms with Crippen LogP contribution in [0.5, 0.6) is 11.5 Å². The van der Waals surface area contributed by atoms with Gasteiger partial charge < -0.3 is 19.7 Å². The van der Waals surface area contributed by atoms with E-state index in [0.717, 1.165) is 11.1 Å². The number of ether oxygens (including phenoxy) is 2. The van der Waals surface area contributed by atoms with Gasteiger partial charge in [-0.25, -0.2) is 0 Å². The average Bonchev–Trinajstić information content (AvgIpc) is 3.22. The maximum Gasteiger partial charge on any atom is 0.225 e. The third-order valence-electron chi connectivity index (χ3n) is 5.61. The van der Waals surface area contributed by atoms with Crippen LogP contribution in [0.15, 0.2) is 48.5 Å². The molecule has 160 valence electrons. The number of amides is 2. The minimum atomic E-state index is -0.364. The zero-order valence-corrected chi connectivity index (χ0v) is 18.1. The van der Waals surface area contributed by atoms with Gasteiger partial charge in [-0.1, -0.05) is 44.2 Å². The van der Waals surface area contributed by atoms with Gasteiger partial charge in [0.25, 0.3) is 0 Å². The molecule has 0 radical (unpaired) electrons. The van der Waals surface area contributed by atoms with Crippen LogP contribution >= 0.6 is 0 Å². The molecule has 1 aliphatic heterocycles. The van der Waals surface area contributed by atoms with Crippen LogP contribution in [0.4, 0.5) is 0 Å². The van der Waals surface area contributed by atoms with Crippen LogP contribution in [-0.2, 0) is 16.1 Å². The molecule has 0 bridgehead atoms. The Morgan fingerprint density at radius 3 is 2.43 bits per heavy atom. The Morgan fingerprint density at radius 1 is 1.07 bits per heavy atom. The van der Waals surface area contributed by atoms with E-state index in [2.05, 4.69) is 5.32 Å². The second-order valence-electron chi connectivity index (χ2n) is 7.92. The molecule has 1 aliphatic rings. The molecule has 0 spiro atoms. The molecule has 1 saturated heterocycles. The van der Waals surface area contributed by atoms with Crippen LogP contribution < -0.4 is 14.8 Å². The number of carbonyl (C=O) groups excluding carboxylic acids is 2. The normalized spacial score (nSPS) is 18.4. The molecule has 2 amide bonds. The molecule has 0 aliphatic carbocycles. The number of methoxy groups -OCH3 is 2. The highest BCUT2D eigenvalue weighted by Gasteiger charge is 2.42. The number of nitrogens with one attached hydrogen (secondary N) is 1. The lowest BCUT2D eigenvalue weighted by molar-refractivity contribution is -0.133. The maximum absolute atomic E-state index is 13.2. The minimum absolute atomic E-state index is 0.0558. The Bertz CT molecular complexity index is 882. The molecule has 1 fully saturated rings. The van der Waals surface area contributed by atoms with Crippen molar-refractivity contribution in [3.63, 3.8) is 0 Å². The van der Waals surface area contributed by atoms with E-state index < -0.39 is 0 Å². The van der Waals surface area contributed by atoms with E-state index in [0.29, 0.717) is 31.1 Å². The Hall–Kier alpha value is -3.02. The summed E-state index contributed by atoms with van der Waals surface area (Å²) < 4.78 is 11.0. The van der Waals surface area contributed by atoms with Gasteiger partial charge in [-0.15, -0.1) is 0 Å². The topological polar surface area (TPSA) is 67.9 Å². The molecule has 2 aromatic carbocycles. The average molecular weight is 411 g/mol. The van der Waals surface area contributed by atoms with E-state index in [1.165, 1.54) is 0 Å². The molecule has 30 heavy (non-hydrogen) atoms. The van der Waals surface area contributed by atoms with E-state index in [1.807, 2.05) is 62.4 Å². The Morgan fingerprint density at radius 2 is 1.80 bits per heavy atom. The van der Waals surface area contributed by atoms with E-state index in [4.69, 9.17) is 9.47 Å². The Balaban J connectivity index is 1.87. The van der Waals surface area contributed by atoms with E-state index in [9.17, 15) is 9.59 Å². The number of rotatable bonds is 7. The summed E-state index contributed by atoms with van der Waals surface area (Å²) in [6.45, 7) is 5.08. The third-order valence-corrected chi connectivity index (χ3v) is 5.61. The molecule has 6 nitrogen and oxygen atoms in total. The van der Waals surface area contributed by atoms with Gasteiger partial charge >= 0.3 is 0 Å². The van der Waals surface area contributed by atoms with Crippen LogP contribution in [0.2, 0.25) is 0 Å². The standard InChI is InChI=1S/C24H30N2O4/c1-16(2)24(28)26-14-20(19-12-18(29-3)10-11-22(19)30-4)21(15-26)23(27)25-13-17-8-6-5-7-9-17/h5-12,16,20-21H,13-15H2,1-4H3,(H,25,27)/t20-,21+/m0/s1. The zero-order chi connectivity index (χ0) is 21.7. The van der Waals surface area contributed by atoms with Crippen molar-refractivity contribution in [3.05, 3.63) is 59.7 Å². The summed E-state index contributed by atoms with van der Waals surface area (Å²) >= 11 is 0. The second-order valence-corrected chi connectivity index (χ2v) is 7.92. The van der Waals surface area contributed by atoms with Crippen molar-refractivity contribution in [1.29, 1.82) is 0 Å². The van der Waals surface area contributed by atoms with Crippen molar-refractivity contribution in [2.45, 2.75) is 26.3 Å². The molecule has 1 N–H and O–H groups in total. The summed E-state index contributed by atoms with van der Waals surface area (Å²) in [5.74, 6) is 0.728. The van der Waals surface area contributed by atoms with Crippen LogP contribution in [0, 0.1) is 11.8 Å². The molecular weight excluding hydrogens is 380 g/mol. The SMILES string of the molecule is COc1ccc(OC)c([C@@H]2CN(C(=O)C(C)C)C[C@H]2C(=O)NCc2ccccc2)c1. The number of hydrogen-bond acceptors (Lipinski definition) is 4. The van der Waals surface area contributed by atoms with Gasteiger partial charge in [0.15, 0.2) is 0 Å². The molecule has 0 aromatic heterocycles. The fraction of sp³-hybridized carbons (Fsp3) is 0.417. The molecule has 2 atom stereocenters. The van der Waals surface area contributed by atoms with Gasteiger partial charge in [-0.3, -0.25) is 9.59 Å². The molecule has 3 rings (SSSR count). The highest BCUT2D eigenvalue weighted by Crippen LogP contribution is 2.40. The summed E-state index contributed by atoms with van der Waals surface area (Å²) in [5, 5.41) is 3.05. The highest BCUT2D eigenvalue weighted by molar-refractivity contribution is 5.84. The van der Waals surface area contributed by atoms with Crippen molar-refractivity contribution in [1.82, 2.24) is 10.2 Å². The van der Waals surface area contributed by atoms with E-state index >= 15 is 0 Å². The predicted octanol–water partition coefficient (Wildman–Crippen LogP) is 3.22. The van der Waals surface area contributed by atoms with E-state index in [-0.39, 0.29) is 29.6 Å². The minimum Gasteiger partial charge on any atom is -0.497 e. The summed E-state index contributed by atoms with van der Waals surface area (Å²) in [4.78, 5) is 27.7. The molecule has 0 unspecified atom stereocenters. The molecule has 6 heteroatoms. The first kappa shape index (κ1) is 21.7. The van der Waals surface area contributed by atoms with Crippen molar-refractivity contribution in [3.8, 4) is 11.5 Å². The predicted molar refractivity (Wildman–Crippen MR) is 115 cm³/mol. The molecule has 0 saturated carbocycles. The van der Waals surface area contributed by atoms with Crippen LogP contribution in [0.25, 0.3) is 0 Å². The van der Waals surface area contributed by atoms with Crippen molar-refractivity contribution >= 4 is 11.8 Å². The summed E-state index contributed by atoms with van der Waals surface area (Å²) in [5.41, 5.74) is 1.92. The second kappa shape index (κ2) is 9.65. The number of carbonyl (C=O) groups is 2. The lowest BCUT2D eigenvalue weighted by Gasteiger charge is -2.21. The summed E-state index contributed by atoms with van der Waals surface area (Å²) in [6, 6.07) is 15.4. The zero-order valence-electron chi connectivity index (χ0n) is 18.1. The van der Waals surface area contributed by atoms with Gasteiger partial charge in [0, 0.05) is 37.0 Å². The molecule has 1 heterocycles. The van der Waals surface area contributed by atoms with Gasteiger partial charge in [0.2, 0.25) is 11.8 Å². The van der Waals surface area contributed by atoms with Crippen LogP contribution in [0.3, 0.4) is 0 Å². The fourth-order valence-electron chi connectivity index (χ4n) is 3.98. The van der Waals surface area contributed by atoms with Crippen molar-refractivity contribution < 1.29 is 19.1 Å². The summed E-state index contributed by atoms with van der Waals surface area (Å²) in [7, 11) is 3.22. The maximum atomic E-state index is 13.2. The number of likely N-dealkylation sites (tertiary alicyclic amines) is 1. The molecule has 2 aromatic rings. The fourth-order valence-corrected chi connectivity index (χ4v) is 3.98. The van der Waals surface area contributed by atoms with Crippen LogP contribution in [0.1, 0.15) is 30.9 Å². The lowest BCUT2D eigenvalue weighted by atomic mass is 9.87. The van der Waals surface area contributed by atoms with Gasteiger partial charge in [0.05, 0.1) is 20.1 Å². The van der Waals surface area contributed by atoms with Gasteiger partial charge in [0.1, 0.15) is 11.5 Å². The van der Waals surface area contributed by atoms with Gasteiger partial charge in [-0.2, -0.15) is 0 Å². The Labute approximate surface area is 178 Å². The van der Waals surface area contributed by atoms with Crippen molar-refractivity contribution in [2.24, 2.45) is 11.8 Å². The van der Waals surface area contributed by atoms with Gasteiger partial charge in [-0.05, 0) is 23.8 Å². The smallest absolute Gasteiger partial charge is 0.225 e. The first-order valence-corrected chi connectivity index (χ1v) is 10.3. The van der Waals surface area contributed by atoms with Crippen molar-refractivity contribution in [2.75, 3.05) is 27.3 Å². The quantitative estimate of drug-likeness (QED) is 0.761. The van der Waals surface area contributed by atoms with Crippen LogP contribution in [-0.4, -0.2) is 44.0 Å². The number of benzene rings is 2. The third kappa shape index (κ3) is 4.75. The highest BCUT2D eigenvalue weighted by atomic mass is 16.5. The molecular formula is C24H30N2O4.